The van der Waals surface area contributed by atoms with Gasteiger partial charge in [0.15, 0.2) is 11.0 Å². The lowest BCUT2D eigenvalue weighted by Crippen LogP contribution is -1.95. The van der Waals surface area contributed by atoms with Crippen LogP contribution >= 0.6 is 11.8 Å². The van der Waals surface area contributed by atoms with E-state index in [1.165, 1.54) is 5.56 Å². The van der Waals surface area contributed by atoms with Crippen LogP contribution in [-0.4, -0.2) is 25.5 Å². The molecule has 3 aromatic rings. The van der Waals surface area contributed by atoms with Crippen LogP contribution in [0.4, 0.5) is 0 Å². The van der Waals surface area contributed by atoms with Gasteiger partial charge in [-0.05, 0) is 17.7 Å². The zero-order valence-corrected chi connectivity index (χ0v) is 13.1. The molecule has 22 heavy (non-hydrogen) atoms. The van der Waals surface area contributed by atoms with E-state index < -0.39 is 0 Å². The van der Waals surface area contributed by atoms with Crippen LogP contribution in [0.2, 0.25) is 0 Å². The van der Waals surface area contributed by atoms with Crippen molar-refractivity contribution in [3.63, 3.8) is 0 Å². The molecule has 110 valence electrons. The second-order valence-electron chi connectivity index (χ2n) is 4.73. The summed E-state index contributed by atoms with van der Waals surface area (Å²) in [5, 5.41) is 9.40. The van der Waals surface area contributed by atoms with Gasteiger partial charge in [-0.1, -0.05) is 54.2 Å². The maximum Gasteiger partial charge on any atom is 0.191 e. The van der Waals surface area contributed by atoms with E-state index in [-0.39, 0.29) is 0 Å². The molecule has 0 fully saturated rings. The first-order chi connectivity index (χ1) is 10.8. The fourth-order valence-electron chi connectivity index (χ4n) is 2.06. The Balaban J connectivity index is 1.65. The van der Waals surface area contributed by atoms with Gasteiger partial charge in [-0.25, -0.2) is 0 Å². The quantitative estimate of drug-likeness (QED) is 0.674. The van der Waals surface area contributed by atoms with Crippen molar-refractivity contribution >= 4 is 17.8 Å². The SMILES string of the molecule is Cn1c(SCC=Cc2ccccc2)nnc1-c1cccnc1. The van der Waals surface area contributed by atoms with E-state index in [1.54, 1.807) is 24.2 Å². The van der Waals surface area contributed by atoms with E-state index >= 15 is 0 Å². The number of benzene rings is 1. The topological polar surface area (TPSA) is 43.6 Å². The molecule has 0 aliphatic carbocycles. The third-order valence-electron chi connectivity index (χ3n) is 3.17. The van der Waals surface area contributed by atoms with Crippen LogP contribution in [0.1, 0.15) is 5.56 Å². The van der Waals surface area contributed by atoms with Crippen LogP contribution in [0.15, 0.2) is 66.1 Å². The average molecular weight is 308 g/mol. The van der Waals surface area contributed by atoms with Gasteiger partial charge in [0, 0.05) is 30.8 Å². The van der Waals surface area contributed by atoms with Crippen molar-refractivity contribution in [1.82, 2.24) is 19.7 Å². The molecule has 0 unspecified atom stereocenters. The van der Waals surface area contributed by atoms with Gasteiger partial charge in [0.25, 0.3) is 0 Å². The van der Waals surface area contributed by atoms with Gasteiger partial charge >= 0.3 is 0 Å². The van der Waals surface area contributed by atoms with Crippen molar-refractivity contribution in [3.05, 3.63) is 66.5 Å². The van der Waals surface area contributed by atoms with E-state index in [4.69, 9.17) is 0 Å². The predicted octanol–water partition coefficient (Wildman–Crippen LogP) is 3.68. The maximum absolute atomic E-state index is 4.25. The van der Waals surface area contributed by atoms with Crippen LogP contribution in [0.3, 0.4) is 0 Å². The van der Waals surface area contributed by atoms with Crippen molar-refractivity contribution < 1.29 is 0 Å². The van der Waals surface area contributed by atoms with Crippen molar-refractivity contribution in [2.75, 3.05) is 5.75 Å². The molecule has 0 radical (unpaired) electrons. The molecule has 0 aliphatic heterocycles. The first-order valence-corrected chi connectivity index (χ1v) is 7.97. The number of aromatic nitrogens is 4. The largest absolute Gasteiger partial charge is 0.305 e. The molecule has 2 aromatic heterocycles. The molecule has 2 heterocycles. The molecule has 0 spiro atoms. The van der Waals surface area contributed by atoms with Gasteiger partial charge in [0.1, 0.15) is 0 Å². The highest BCUT2D eigenvalue weighted by Crippen LogP contribution is 2.22. The lowest BCUT2D eigenvalue weighted by atomic mass is 10.2. The van der Waals surface area contributed by atoms with Crippen molar-refractivity contribution in [2.24, 2.45) is 7.05 Å². The molecular weight excluding hydrogens is 292 g/mol. The zero-order valence-electron chi connectivity index (χ0n) is 12.3. The highest BCUT2D eigenvalue weighted by molar-refractivity contribution is 7.99. The Bertz CT molecular complexity index is 751. The summed E-state index contributed by atoms with van der Waals surface area (Å²) in [5.41, 5.74) is 2.18. The number of hydrogen-bond donors (Lipinski definition) is 0. The summed E-state index contributed by atoms with van der Waals surface area (Å²) in [6.45, 7) is 0. The van der Waals surface area contributed by atoms with E-state index in [2.05, 4.69) is 39.5 Å². The highest BCUT2D eigenvalue weighted by atomic mass is 32.2. The third kappa shape index (κ3) is 3.43. The van der Waals surface area contributed by atoms with Gasteiger partial charge in [-0.2, -0.15) is 0 Å². The molecule has 0 saturated heterocycles. The molecular formula is C17H16N4S. The monoisotopic (exact) mass is 308 g/mol. The third-order valence-corrected chi connectivity index (χ3v) is 4.15. The second kappa shape index (κ2) is 7.04. The number of thioether (sulfide) groups is 1. The zero-order chi connectivity index (χ0) is 15.2. The van der Waals surface area contributed by atoms with Crippen LogP contribution in [0.25, 0.3) is 17.5 Å². The van der Waals surface area contributed by atoms with Crippen LogP contribution in [0.5, 0.6) is 0 Å². The summed E-state index contributed by atoms with van der Waals surface area (Å²) in [7, 11) is 1.98. The van der Waals surface area contributed by atoms with Gasteiger partial charge < -0.3 is 4.57 Å². The average Bonchev–Trinajstić information content (AvgIpc) is 2.94. The Kier molecular flexibility index (Phi) is 4.65. The maximum atomic E-state index is 4.25. The number of pyridine rings is 1. The van der Waals surface area contributed by atoms with E-state index in [0.717, 1.165) is 22.3 Å². The van der Waals surface area contributed by atoms with Crippen LogP contribution < -0.4 is 0 Å². The summed E-state index contributed by atoms with van der Waals surface area (Å²) >= 11 is 1.66. The van der Waals surface area contributed by atoms with Gasteiger partial charge in [-0.3, -0.25) is 4.98 Å². The fraction of sp³-hybridized carbons (Fsp3) is 0.118. The summed E-state index contributed by atoms with van der Waals surface area (Å²) in [5.74, 6) is 1.69. The minimum Gasteiger partial charge on any atom is -0.305 e. The Morgan fingerprint density at radius 2 is 1.95 bits per heavy atom. The van der Waals surface area contributed by atoms with Crippen LogP contribution in [0, 0.1) is 0 Å². The standard InChI is InChI=1S/C17H16N4S/c1-21-16(15-10-5-11-18-13-15)19-20-17(21)22-12-6-9-14-7-3-2-4-8-14/h2-11,13H,12H2,1H3. The molecule has 3 rings (SSSR count). The van der Waals surface area contributed by atoms with Crippen molar-refractivity contribution in [2.45, 2.75) is 5.16 Å². The van der Waals surface area contributed by atoms with E-state index in [1.807, 2.05) is 41.9 Å². The minimum atomic E-state index is 0.836. The molecule has 0 aliphatic rings. The second-order valence-corrected chi connectivity index (χ2v) is 5.72. The van der Waals surface area contributed by atoms with Crippen molar-refractivity contribution in [1.29, 1.82) is 0 Å². The number of nitrogens with zero attached hydrogens (tertiary/aromatic N) is 4. The molecule has 0 atom stereocenters. The summed E-state index contributed by atoms with van der Waals surface area (Å²) in [6, 6.07) is 14.2. The van der Waals surface area contributed by atoms with E-state index in [0.29, 0.717) is 0 Å². The van der Waals surface area contributed by atoms with Gasteiger partial charge in [0.2, 0.25) is 0 Å². The molecule has 0 N–H and O–H groups in total. The minimum absolute atomic E-state index is 0.836. The fourth-order valence-corrected chi connectivity index (χ4v) is 2.78. The predicted molar refractivity (Wildman–Crippen MR) is 90.4 cm³/mol. The molecule has 5 heteroatoms. The normalized spacial score (nSPS) is 11.1. The number of rotatable bonds is 5. The van der Waals surface area contributed by atoms with E-state index in [9.17, 15) is 0 Å². The molecule has 0 bridgehead atoms. The Morgan fingerprint density at radius 1 is 1.09 bits per heavy atom. The Hall–Kier alpha value is -2.40. The number of hydrogen-bond acceptors (Lipinski definition) is 4. The lowest BCUT2D eigenvalue weighted by Gasteiger charge is -2.02. The highest BCUT2D eigenvalue weighted by Gasteiger charge is 2.10. The first-order valence-electron chi connectivity index (χ1n) is 6.99. The molecule has 0 saturated carbocycles. The molecule has 1 aromatic carbocycles. The first kappa shape index (κ1) is 14.5. The lowest BCUT2D eigenvalue weighted by molar-refractivity contribution is 0.794. The molecule has 4 nitrogen and oxygen atoms in total. The Labute approximate surface area is 133 Å². The summed E-state index contributed by atoms with van der Waals surface area (Å²) < 4.78 is 2.00. The smallest absolute Gasteiger partial charge is 0.191 e. The summed E-state index contributed by atoms with van der Waals surface area (Å²) in [6.07, 6.45) is 7.81. The van der Waals surface area contributed by atoms with Gasteiger partial charge in [0.05, 0.1) is 0 Å². The molecule has 0 amide bonds. The van der Waals surface area contributed by atoms with Gasteiger partial charge in [-0.15, -0.1) is 10.2 Å². The Morgan fingerprint density at radius 3 is 2.73 bits per heavy atom. The summed E-state index contributed by atoms with van der Waals surface area (Å²) in [4.78, 5) is 4.12. The van der Waals surface area contributed by atoms with Crippen molar-refractivity contribution in [3.8, 4) is 11.4 Å². The van der Waals surface area contributed by atoms with Crippen LogP contribution in [-0.2, 0) is 7.05 Å².